The predicted octanol–water partition coefficient (Wildman–Crippen LogP) is 4.27. The summed E-state index contributed by atoms with van der Waals surface area (Å²) in [7, 11) is 0. The molecular weight excluding hydrogens is 376 g/mol. The van der Waals surface area contributed by atoms with E-state index in [2.05, 4.69) is 12.2 Å². The Balaban J connectivity index is 1.88. The van der Waals surface area contributed by atoms with E-state index >= 15 is 0 Å². The lowest BCUT2D eigenvalue weighted by molar-refractivity contribution is -0.384. The number of unbranched alkanes of at least 4 members (excludes halogenated alkanes) is 2. The quantitative estimate of drug-likeness (QED) is 0.276. The van der Waals surface area contributed by atoms with Crippen molar-refractivity contribution in [3.63, 3.8) is 0 Å². The van der Waals surface area contributed by atoms with E-state index < -0.39 is 23.4 Å². The van der Waals surface area contributed by atoms with Gasteiger partial charge < -0.3 is 14.8 Å². The molecule has 2 aromatic rings. The van der Waals surface area contributed by atoms with Gasteiger partial charge in [-0.15, -0.1) is 0 Å². The van der Waals surface area contributed by atoms with Gasteiger partial charge in [-0.1, -0.05) is 31.9 Å². The van der Waals surface area contributed by atoms with Gasteiger partial charge in [0, 0.05) is 6.07 Å². The van der Waals surface area contributed by atoms with Crippen molar-refractivity contribution in [1.82, 2.24) is 0 Å². The van der Waals surface area contributed by atoms with Crippen LogP contribution in [-0.2, 0) is 9.53 Å². The van der Waals surface area contributed by atoms with Crippen LogP contribution in [0.1, 0.15) is 42.1 Å². The maximum Gasteiger partial charge on any atom is 0.338 e. The fourth-order valence-electron chi connectivity index (χ4n) is 2.59. The van der Waals surface area contributed by atoms with Gasteiger partial charge in [-0.2, -0.15) is 0 Å². The first-order valence-corrected chi connectivity index (χ1v) is 9.36. The van der Waals surface area contributed by atoms with Crippen molar-refractivity contribution in [3.05, 3.63) is 63.7 Å². The number of esters is 1. The Morgan fingerprint density at radius 2 is 1.83 bits per heavy atom. The minimum absolute atomic E-state index is 0.0862. The van der Waals surface area contributed by atoms with E-state index in [4.69, 9.17) is 9.47 Å². The minimum Gasteiger partial charge on any atom is -0.494 e. The van der Waals surface area contributed by atoms with Crippen molar-refractivity contribution >= 4 is 23.3 Å². The number of aryl methyl sites for hydroxylation is 1. The second-order valence-electron chi connectivity index (χ2n) is 6.43. The summed E-state index contributed by atoms with van der Waals surface area (Å²) in [5.41, 5.74) is 0.677. The van der Waals surface area contributed by atoms with Gasteiger partial charge in [0.1, 0.15) is 11.4 Å². The number of carbonyl (C=O) groups is 2. The highest BCUT2D eigenvalue weighted by molar-refractivity contribution is 5.97. The minimum atomic E-state index is -0.669. The van der Waals surface area contributed by atoms with Crippen molar-refractivity contribution in [2.24, 2.45) is 0 Å². The molecule has 0 heterocycles. The average Bonchev–Trinajstić information content (AvgIpc) is 2.71. The SMILES string of the molecule is CCCCCOc1ccc(C(=O)OCC(=O)Nc2c(C)cccc2[N+](=O)[O-])cc1. The molecule has 1 amide bonds. The van der Waals surface area contributed by atoms with E-state index in [1.807, 2.05) is 0 Å². The van der Waals surface area contributed by atoms with Crippen LogP contribution in [0.2, 0.25) is 0 Å². The Bertz CT molecular complexity index is 864. The maximum atomic E-state index is 12.1. The standard InChI is InChI=1S/C21H24N2O6/c1-3-4-5-13-28-17-11-9-16(10-12-17)21(25)29-14-19(24)22-20-15(2)7-6-8-18(20)23(26)27/h6-12H,3-5,13-14H2,1-2H3,(H,22,24). The second kappa shape index (κ2) is 10.8. The van der Waals surface area contributed by atoms with Crippen LogP contribution in [0.5, 0.6) is 5.75 Å². The zero-order valence-corrected chi connectivity index (χ0v) is 16.5. The molecule has 0 saturated carbocycles. The molecule has 154 valence electrons. The van der Waals surface area contributed by atoms with Gasteiger partial charge >= 0.3 is 5.97 Å². The highest BCUT2D eigenvalue weighted by Crippen LogP contribution is 2.27. The molecule has 8 nitrogen and oxygen atoms in total. The Labute approximate surface area is 169 Å². The number of nitro benzene ring substituents is 1. The first-order valence-electron chi connectivity index (χ1n) is 9.36. The first-order chi connectivity index (χ1) is 13.9. The predicted molar refractivity (Wildman–Crippen MR) is 108 cm³/mol. The number of nitrogens with one attached hydrogen (secondary N) is 1. The molecule has 0 fully saturated rings. The number of nitro groups is 1. The summed E-state index contributed by atoms with van der Waals surface area (Å²) in [6, 6.07) is 10.9. The molecule has 0 bridgehead atoms. The van der Waals surface area contributed by atoms with Crippen LogP contribution < -0.4 is 10.1 Å². The Morgan fingerprint density at radius 1 is 1.10 bits per heavy atom. The number of ether oxygens (including phenoxy) is 2. The monoisotopic (exact) mass is 400 g/mol. The fraction of sp³-hybridized carbons (Fsp3) is 0.333. The van der Waals surface area contributed by atoms with Crippen molar-refractivity contribution in [2.45, 2.75) is 33.1 Å². The number of anilines is 1. The normalized spacial score (nSPS) is 10.3. The molecule has 0 saturated heterocycles. The van der Waals surface area contributed by atoms with Crippen LogP contribution >= 0.6 is 0 Å². The summed E-state index contributed by atoms with van der Waals surface area (Å²) >= 11 is 0. The Kier molecular flexibility index (Phi) is 8.14. The lowest BCUT2D eigenvalue weighted by Gasteiger charge is -2.10. The van der Waals surface area contributed by atoms with Crippen molar-refractivity contribution < 1.29 is 24.0 Å². The summed E-state index contributed by atoms with van der Waals surface area (Å²) in [5, 5.41) is 13.5. The van der Waals surface area contributed by atoms with E-state index in [1.165, 1.54) is 12.1 Å². The summed E-state index contributed by atoms with van der Waals surface area (Å²) in [4.78, 5) is 34.7. The lowest BCUT2D eigenvalue weighted by atomic mass is 10.1. The Morgan fingerprint density at radius 3 is 2.48 bits per heavy atom. The molecule has 2 aromatic carbocycles. The first kappa shape index (κ1) is 21.9. The number of rotatable bonds is 10. The smallest absolute Gasteiger partial charge is 0.338 e. The number of nitrogens with zero attached hydrogens (tertiary/aromatic N) is 1. The topological polar surface area (TPSA) is 108 Å². The maximum absolute atomic E-state index is 12.1. The van der Waals surface area contributed by atoms with E-state index in [9.17, 15) is 19.7 Å². The number of para-hydroxylation sites is 1. The number of carbonyl (C=O) groups excluding carboxylic acids is 2. The molecule has 0 aromatic heterocycles. The van der Waals surface area contributed by atoms with Crippen LogP contribution in [-0.4, -0.2) is 30.0 Å². The summed E-state index contributed by atoms with van der Waals surface area (Å²) in [6.07, 6.45) is 3.17. The summed E-state index contributed by atoms with van der Waals surface area (Å²) < 4.78 is 10.6. The molecule has 0 aliphatic carbocycles. The molecule has 0 spiro atoms. The third-order valence-electron chi connectivity index (χ3n) is 4.15. The van der Waals surface area contributed by atoms with Crippen LogP contribution in [0.25, 0.3) is 0 Å². The summed E-state index contributed by atoms with van der Waals surface area (Å²) in [6.45, 7) is 3.81. The highest BCUT2D eigenvalue weighted by atomic mass is 16.6. The average molecular weight is 400 g/mol. The molecule has 8 heteroatoms. The van der Waals surface area contributed by atoms with Crippen molar-refractivity contribution in [3.8, 4) is 5.75 Å². The molecule has 29 heavy (non-hydrogen) atoms. The number of benzene rings is 2. The van der Waals surface area contributed by atoms with Crippen LogP contribution in [0.4, 0.5) is 11.4 Å². The summed E-state index contributed by atoms with van der Waals surface area (Å²) in [5.74, 6) is -0.675. The van der Waals surface area contributed by atoms with Crippen LogP contribution in [0.3, 0.4) is 0 Å². The second-order valence-corrected chi connectivity index (χ2v) is 6.43. The zero-order valence-electron chi connectivity index (χ0n) is 16.5. The number of hydrogen-bond donors (Lipinski definition) is 1. The highest BCUT2D eigenvalue weighted by Gasteiger charge is 2.18. The Hall–Kier alpha value is -3.42. The molecule has 0 aliphatic rings. The van der Waals surface area contributed by atoms with Gasteiger partial charge in [-0.3, -0.25) is 14.9 Å². The molecule has 1 N–H and O–H groups in total. The van der Waals surface area contributed by atoms with Gasteiger partial charge in [0.2, 0.25) is 0 Å². The van der Waals surface area contributed by atoms with Crippen molar-refractivity contribution in [2.75, 3.05) is 18.5 Å². The van der Waals surface area contributed by atoms with Crippen LogP contribution in [0, 0.1) is 17.0 Å². The largest absolute Gasteiger partial charge is 0.494 e. The van der Waals surface area contributed by atoms with Gasteiger partial charge in [0.15, 0.2) is 6.61 Å². The number of hydrogen-bond acceptors (Lipinski definition) is 6. The van der Waals surface area contributed by atoms with E-state index in [-0.39, 0.29) is 16.9 Å². The van der Waals surface area contributed by atoms with E-state index in [1.54, 1.807) is 37.3 Å². The van der Waals surface area contributed by atoms with E-state index in [0.717, 1.165) is 19.3 Å². The van der Waals surface area contributed by atoms with Gasteiger partial charge in [0.25, 0.3) is 11.6 Å². The zero-order chi connectivity index (χ0) is 21.2. The van der Waals surface area contributed by atoms with Gasteiger partial charge in [0.05, 0.1) is 17.1 Å². The van der Waals surface area contributed by atoms with E-state index in [0.29, 0.717) is 17.9 Å². The molecule has 0 radical (unpaired) electrons. The molecule has 0 atom stereocenters. The van der Waals surface area contributed by atoms with Gasteiger partial charge in [-0.05, 0) is 43.2 Å². The molecular formula is C21H24N2O6. The third-order valence-corrected chi connectivity index (χ3v) is 4.15. The van der Waals surface area contributed by atoms with Gasteiger partial charge in [-0.25, -0.2) is 4.79 Å². The molecule has 0 aliphatic heterocycles. The third kappa shape index (κ3) is 6.60. The van der Waals surface area contributed by atoms with Crippen LogP contribution in [0.15, 0.2) is 42.5 Å². The fourth-order valence-corrected chi connectivity index (χ4v) is 2.59. The molecule has 2 rings (SSSR count). The van der Waals surface area contributed by atoms with Crippen molar-refractivity contribution in [1.29, 1.82) is 0 Å². The lowest BCUT2D eigenvalue weighted by Crippen LogP contribution is -2.22. The molecule has 0 unspecified atom stereocenters. The number of amides is 1.